The number of benzene rings is 9. The van der Waals surface area contributed by atoms with E-state index in [9.17, 15) is 0 Å². The van der Waals surface area contributed by atoms with Crippen molar-refractivity contribution in [1.29, 1.82) is 0 Å². The number of aromatic nitrogens is 2. The normalized spacial score (nSPS) is 12.0. The zero-order chi connectivity index (χ0) is 42.3. The van der Waals surface area contributed by atoms with Crippen LogP contribution in [-0.4, -0.2) is 9.13 Å². The van der Waals surface area contributed by atoms with Crippen LogP contribution in [0.2, 0.25) is 0 Å². The molecule has 0 fully saturated rings. The zero-order valence-corrected chi connectivity index (χ0v) is 35.1. The van der Waals surface area contributed by atoms with E-state index in [1.165, 1.54) is 99.3 Å². The molecule has 9 aromatic carbocycles. The van der Waals surface area contributed by atoms with Crippen LogP contribution in [-0.2, 0) is 0 Å². The molecule has 2 heteroatoms. The van der Waals surface area contributed by atoms with Gasteiger partial charge in [0.25, 0.3) is 0 Å². The van der Waals surface area contributed by atoms with Crippen molar-refractivity contribution in [2.24, 2.45) is 0 Å². The monoisotopic (exact) mass is 804 g/mol. The summed E-state index contributed by atoms with van der Waals surface area (Å²) >= 11 is 0. The molecule has 63 heavy (non-hydrogen) atoms. The Morgan fingerprint density at radius 3 is 1.41 bits per heavy atom. The molecule has 0 aliphatic heterocycles. The molecule has 298 valence electrons. The SMILES string of the molecule is C=C/C=C\C=C(/C)c1cc(-c2ccccc2)cc(-c2cccc(-n3c4ccccc4c4cc(-c5ccc6c(c5)c5cc(-c7ccccc7)ccc5n6-c5ccccc5)ccc43)c2)c1. The van der Waals surface area contributed by atoms with Crippen LogP contribution in [0.25, 0.3) is 105 Å². The Hall–Kier alpha value is -8.20. The Morgan fingerprint density at radius 1 is 0.349 bits per heavy atom. The molecule has 0 atom stereocenters. The van der Waals surface area contributed by atoms with Crippen LogP contribution in [0.3, 0.4) is 0 Å². The number of para-hydroxylation sites is 2. The third kappa shape index (κ3) is 6.89. The van der Waals surface area contributed by atoms with E-state index in [2.05, 4.69) is 247 Å². The smallest absolute Gasteiger partial charge is 0.0541 e. The van der Waals surface area contributed by atoms with Gasteiger partial charge in [0.15, 0.2) is 0 Å². The number of fused-ring (bicyclic) bond motifs is 6. The average molecular weight is 805 g/mol. The standard InChI is InChI=1S/C61H44N2/c1-3-4-8-18-42(2)49-35-50(44-21-11-6-12-22-44)37-51(36-49)45-23-17-26-53(38-45)63-58-28-16-15-27-54(58)55-40-47(30-33-59(55)63)48-31-34-61-57(41-48)56-39-46(43-19-9-5-10-20-43)29-32-60(56)62(61)52-24-13-7-14-25-52/h3-41H,1H2,2H3/b8-4-,42-18+. The summed E-state index contributed by atoms with van der Waals surface area (Å²) in [7, 11) is 0. The fraction of sp³-hybridized carbons (Fsp3) is 0.0164. The summed E-state index contributed by atoms with van der Waals surface area (Å²) < 4.78 is 4.82. The van der Waals surface area contributed by atoms with E-state index in [1.54, 1.807) is 0 Å². The molecular weight excluding hydrogens is 761 g/mol. The first-order valence-corrected chi connectivity index (χ1v) is 21.6. The first-order chi connectivity index (χ1) is 31.1. The van der Waals surface area contributed by atoms with Gasteiger partial charge in [0.05, 0.1) is 22.1 Å². The number of hydrogen-bond acceptors (Lipinski definition) is 0. The molecule has 0 radical (unpaired) electrons. The topological polar surface area (TPSA) is 9.86 Å². The highest BCUT2D eigenvalue weighted by molar-refractivity contribution is 6.13. The fourth-order valence-corrected chi connectivity index (χ4v) is 9.32. The summed E-state index contributed by atoms with van der Waals surface area (Å²) in [5.74, 6) is 0. The first-order valence-electron chi connectivity index (χ1n) is 21.6. The molecule has 0 aliphatic carbocycles. The second kappa shape index (κ2) is 16.0. The second-order valence-electron chi connectivity index (χ2n) is 16.3. The molecule has 0 saturated heterocycles. The van der Waals surface area contributed by atoms with Gasteiger partial charge in [-0.05, 0) is 147 Å². The molecule has 2 heterocycles. The lowest BCUT2D eigenvalue weighted by Gasteiger charge is -2.14. The molecule has 0 saturated carbocycles. The van der Waals surface area contributed by atoms with Gasteiger partial charge in [0.2, 0.25) is 0 Å². The Bertz CT molecular complexity index is 3560. The van der Waals surface area contributed by atoms with Crippen molar-refractivity contribution in [2.45, 2.75) is 6.92 Å². The average Bonchev–Trinajstić information content (AvgIpc) is 3.86. The predicted molar refractivity (Wildman–Crippen MR) is 270 cm³/mol. The second-order valence-corrected chi connectivity index (χ2v) is 16.3. The molecule has 0 N–H and O–H groups in total. The predicted octanol–water partition coefficient (Wildman–Crippen LogP) is 16.7. The highest BCUT2D eigenvalue weighted by Gasteiger charge is 2.18. The van der Waals surface area contributed by atoms with Gasteiger partial charge in [-0.3, -0.25) is 0 Å². The maximum absolute atomic E-state index is 3.84. The van der Waals surface area contributed by atoms with E-state index in [-0.39, 0.29) is 0 Å². The minimum Gasteiger partial charge on any atom is -0.309 e. The van der Waals surface area contributed by atoms with Crippen molar-refractivity contribution in [1.82, 2.24) is 9.13 Å². The molecule has 0 bridgehead atoms. The van der Waals surface area contributed by atoms with Crippen LogP contribution < -0.4 is 0 Å². The fourth-order valence-electron chi connectivity index (χ4n) is 9.32. The zero-order valence-electron chi connectivity index (χ0n) is 35.1. The van der Waals surface area contributed by atoms with E-state index in [0.29, 0.717) is 0 Å². The maximum atomic E-state index is 3.84. The van der Waals surface area contributed by atoms with Crippen molar-refractivity contribution in [3.05, 3.63) is 249 Å². The Balaban J connectivity index is 1.04. The molecule has 2 aromatic heterocycles. The van der Waals surface area contributed by atoms with Crippen molar-refractivity contribution in [3.8, 4) is 55.9 Å². The summed E-state index contributed by atoms with van der Waals surface area (Å²) in [6.07, 6.45) is 7.98. The summed E-state index contributed by atoms with van der Waals surface area (Å²) in [5.41, 5.74) is 19.0. The Labute approximate surface area is 368 Å². The molecule has 0 amide bonds. The molecule has 11 aromatic rings. The van der Waals surface area contributed by atoms with E-state index in [0.717, 1.165) is 11.4 Å². The van der Waals surface area contributed by atoms with Crippen LogP contribution in [0.4, 0.5) is 0 Å². The Kier molecular flexibility index (Phi) is 9.60. The van der Waals surface area contributed by atoms with Gasteiger partial charge >= 0.3 is 0 Å². The lowest BCUT2D eigenvalue weighted by molar-refractivity contribution is 1.18. The van der Waals surface area contributed by atoms with Gasteiger partial charge in [-0.1, -0.05) is 158 Å². The van der Waals surface area contributed by atoms with Gasteiger partial charge in [0, 0.05) is 32.9 Å². The summed E-state index contributed by atoms with van der Waals surface area (Å²) in [6, 6.07) is 77.6. The lowest BCUT2D eigenvalue weighted by Crippen LogP contribution is -1.95. The third-order valence-electron chi connectivity index (χ3n) is 12.4. The van der Waals surface area contributed by atoms with Gasteiger partial charge in [0.1, 0.15) is 0 Å². The molecule has 2 nitrogen and oxygen atoms in total. The minimum atomic E-state index is 1.13. The van der Waals surface area contributed by atoms with Crippen molar-refractivity contribution >= 4 is 49.2 Å². The summed E-state index contributed by atoms with van der Waals surface area (Å²) in [5, 5.41) is 4.94. The van der Waals surface area contributed by atoms with Crippen LogP contribution in [0, 0.1) is 0 Å². The maximum Gasteiger partial charge on any atom is 0.0541 e. The van der Waals surface area contributed by atoms with Crippen LogP contribution in [0.1, 0.15) is 12.5 Å². The number of allylic oxidation sites excluding steroid dienone is 5. The number of nitrogens with zero attached hydrogens (tertiary/aromatic N) is 2. The lowest BCUT2D eigenvalue weighted by atomic mass is 9.93. The summed E-state index contributed by atoms with van der Waals surface area (Å²) in [4.78, 5) is 0. The first kappa shape index (κ1) is 37.8. The van der Waals surface area contributed by atoms with Crippen molar-refractivity contribution < 1.29 is 0 Å². The van der Waals surface area contributed by atoms with Crippen molar-refractivity contribution in [2.75, 3.05) is 0 Å². The van der Waals surface area contributed by atoms with E-state index < -0.39 is 0 Å². The van der Waals surface area contributed by atoms with Gasteiger partial charge in [-0.2, -0.15) is 0 Å². The largest absolute Gasteiger partial charge is 0.309 e. The molecular formula is C61H44N2. The molecule has 11 rings (SSSR count). The van der Waals surface area contributed by atoms with Crippen LogP contribution >= 0.6 is 0 Å². The van der Waals surface area contributed by atoms with Gasteiger partial charge in [-0.25, -0.2) is 0 Å². The van der Waals surface area contributed by atoms with Gasteiger partial charge < -0.3 is 9.13 Å². The van der Waals surface area contributed by atoms with E-state index in [1.807, 2.05) is 12.2 Å². The quantitative estimate of drug-likeness (QED) is 0.129. The van der Waals surface area contributed by atoms with Gasteiger partial charge in [-0.15, -0.1) is 0 Å². The molecule has 0 unspecified atom stereocenters. The number of rotatable bonds is 9. The van der Waals surface area contributed by atoms with Crippen LogP contribution in [0.15, 0.2) is 243 Å². The van der Waals surface area contributed by atoms with Crippen molar-refractivity contribution in [3.63, 3.8) is 0 Å². The van der Waals surface area contributed by atoms with E-state index >= 15 is 0 Å². The number of hydrogen-bond donors (Lipinski definition) is 0. The van der Waals surface area contributed by atoms with Crippen LogP contribution in [0.5, 0.6) is 0 Å². The van der Waals surface area contributed by atoms with E-state index in [4.69, 9.17) is 0 Å². The highest BCUT2D eigenvalue weighted by atomic mass is 15.0. The highest BCUT2D eigenvalue weighted by Crippen LogP contribution is 2.40. The third-order valence-corrected chi connectivity index (χ3v) is 12.4. The minimum absolute atomic E-state index is 1.13. The molecule has 0 aliphatic rings. The summed E-state index contributed by atoms with van der Waals surface area (Å²) in [6.45, 7) is 6.02. The Morgan fingerprint density at radius 2 is 0.794 bits per heavy atom. The molecule has 0 spiro atoms.